The molecule has 0 amide bonds. The lowest BCUT2D eigenvalue weighted by atomic mass is 9.92. The number of benzene rings is 3. The molecule has 3 aromatic rings. The fourth-order valence-corrected chi connectivity index (χ4v) is 3.36. The molecule has 0 bridgehead atoms. The van der Waals surface area contributed by atoms with E-state index in [2.05, 4.69) is 0 Å². The van der Waals surface area contributed by atoms with Crippen LogP contribution >= 0.6 is 0 Å². The summed E-state index contributed by atoms with van der Waals surface area (Å²) in [5.74, 6) is -0.463. The maximum absolute atomic E-state index is 13.6. The van der Waals surface area contributed by atoms with E-state index >= 15 is 0 Å². The van der Waals surface area contributed by atoms with E-state index in [1.54, 1.807) is 0 Å². The number of halogens is 4. The maximum Gasteiger partial charge on any atom is 0.416 e. The van der Waals surface area contributed by atoms with Gasteiger partial charge in [0.15, 0.2) is 0 Å². The number of aryl methyl sites for hydroxylation is 1. The van der Waals surface area contributed by atoms with Crippen LogP contribution in [0, 0.1) is 12.7 Å². The number of nitrogens with two attached hydrogens (primary N) is 1. The summed E-state index contributed by atoms with van der Waals surface area (Å²) in [6, 6.07) is 12.8. The van der Waals surface area contributed by atoms with E-state index in [-0.39, 0.29) is 10.5 Å². The highest BCUT2D eigenvalue weighted by Crippen LogP contribution is 2.38. The Morgan fingerprint density at radius 1 is 0.821 bits per heavy atom. The van der Waals surface area contributed by atoms with Crippen LogP contribution in [0.4, 0.5) is 17.6 Å². The van der Waals surface area contributed by atoms with Gasteiger partial charge in [0, 0.05) is 0 Å². The Hall–Kier alpha value is -2.71. The van der Waals surface area contributed by atoms with Crippen molar-refractivity contribution >= 4 is 10.0 Å². The molecule has 146 valence electrons. The minimum Gasteiger partial charge on any atom is -0.225 e. The van der Waals surface area contributed by atoms with Crippen molar-refractivity contribution in [1.29, 1.82) is 0 Å². The molecule has 3 rings (SSSR count). The zero-order valence-electron chi connectivity index (χ0n) is 14.6. The summed E-state index contributed by atoms with van der Waals surface area (Å²) in [6.07, 6.45) is -4.54. The van der Waals surface area contributed by atoms with Crippen molar-refractivity contribution in [1.82, 2.24) is 0 Å². The zero-order valence-corrected chi connectivity index (χ0v) is 15.4. The highest BCUT2D eigenvalue weighted by Gasteiger charge is 2.31. The van der Waals surface area contributed by atoms with E-state index in [4.69, 9.17) is 5.14 Å². The van der Waals surface area contributed by atoms with Gasteiger partial charge in [-0.15, -0.1) is 0 Å². The SMILES string of the molecule is Cc1cc(-c2cc(C(F)(F)F)ccc2-c2ccc(S(N)(=O)=O)cc2)ccc1F. The third-order valence-electron chi connectivity index (χ3n) is 4.31. The molecule has 0 aliphatic heterocycles. The van der Waals surface area contributed by atoms with Crippen LogP contribution in [0.5, 0.6) is 0 Å². The first-order chi connectivity index (χ1) is 13.0. The predicted molar refractivity (Wildman–Crippen MR) is 98.4 cm³/mol. The molecule has 28 heavy (non-hydrogen) atoms. The van der Waals surface area contributed by atoms with E-state index in [1.807, 2.05) is 0 Å². The third kappa shape index (κ3) is 4.07. The molecule has 2 N–H and O–H groups in total. The average Bonchev–Trinajstić information content (AvgIpc) is 2.62. The quantitative estimate of drug-likeness (QED) is 0.610. The molecule has 0 heterocycles. The Labute approximate surface area is 159 Å². The molecule has 0 radical (unpaired) electrons. The second kappa shape index (κ2) is 7.03. The van der Waals surface area contributed by atoms with Gasteiger partial charge < -0.3 is 0 Å². The van der Waals surface area contributed by atoms with Crippen molar-refractivity contribution in [3.63, 3.8) is 0 Å². The molecule has 8 heteroatoms. The van der Waals surface area contributed by atoms with Gasteiger partial charge in [-0.3, -0.25) is 0 Å². The smallest absolute Gasteiger partial charge is 0.225 e. The van der Waals surface area contributed by atoms with Crippen molar-refractivity contribution in [3.8, 4) is 22.3 Å². The van der Waals surface area contributed by atoms with Gasteiger partial charge in [0.1, 0.15) is 5.82 Å². The fourth-order valence-electron chi connectivity index (χ4n) is 2.85. The molecule has 0 unspecified atom stereocenters. The summed E-state index contributed by atoms with van der Waals surface area (Å²) < 4.78 is 76.0. The van der Waals surface area contributed by atoms with E-state index < -0.39 is 27.6 Å². The Morgan fingerprint density at radius 3 is 1.96 bits per heavy atom. The highest BCUT2D eigenvalue weighted by molar-refractivity contribution is 7.89. The van der Waals surface area contributed by atoms with Gasteiger partial charge in [-0.2, -0.15) is 13.2 Å². The molecule has 0 aliphatic rings. The minimum atomic E-state index is -4.54. The molecule has 3 aromatic carbocycles. The Bertz CT molecular complexity index is 1140. The summed E-state index contributed by atoms with van der Waals surface area (Å²) in [5.41, 5.74) is 1.06. The first kappa shape index (κ1) is 20.0. The molecule has 0 aliphatic carbocycles. The largest absolute Gasteiger partial charge is 0.416 e. The van der Waals surface area contributed by atoms with Crippen LogP contribution in [0.1, 0.15) is 11.1 Å². The minimum absolute atomic E-state index is 0.109. The molecule has 0 fully saturated rings. The number of hydrogen-bond acceptors (Lipinski definition) is 2. The number of sulfonamides is 1. The summed E-state index contributed by atoms with van der Waals surface area (Å²) in [4.78, 5) is -0.109. The molecular weight excluding hydrogens is 394 g/mol. The van der Waals surface area contributed by atoms with Crippen LogP contribution in [0.3, 0.4) is 0 Å². The number of rotatable bonds is 3. The molecule has 0 saturated heterocycles. The van der Waals surface area contributed by atoms with Crippen LogP contribution < -0.4 is 5.14 Å². The van der Waals surface area contributed by atoms with Crippen LogP contribution in [-0.2, 0) is 16.2 Å². The molecule has 0 saturated carbocycles. The van der Waals surface area contributed by atoms with E-state index in [9.17, 15) is 26.0 Å². The van der Waals surface area contributed by atoms with Crippen molar-refractivity contribution in [3.05, 3.63) is 77.6 Å². The van der Waals surface area contributed by atoms with Crippen LogP contribution in [-0.4, -0.2) is 8.42 Å². The number of alkyl halides is 3. The summed E-state index contributed by atoms with van der Waals surface area (Å²) in [6.45, 7) is 1.52. The van der Waals surface area contributed by atoms with Gasteiger partial charge in [-0.05, 0) is 71.1 Å². The summed E-state index contributed by atoms with van der Waals surface area (Å²) in [7, 11) is -3.89. The van der Waals surface area contributed by atoms with Gasteiger partial charge in [-0.25, -0.2) is 17.9 Å². The topological polar surface area (TPSA) is 60.2 Å². The number of hydrogen-bond donors (Lipinski definition) is 1. The lowest BCUT2D eigenvalue weighted by Crippen LogP contribution is -2.11. The van der Waals surface area contributed by atoms with Crippen LogP contribution in [0.25, 0.3) is 22.3 Å². The lowest BCUT2D eigenvalue weighted by molar-refractivity contribution is -0.137. The van der Waals surface area contributed by atoms with E-state index in [0.29, 0.717) is 22.3 Å². The number of primary sulfonamides is 1. The van der Waals surface area contributed by atoms with Crippen molar-refractivity contribution < 1.29 is 26.0 Å². The standard InChI is InChI=1S/C20H15F4NO2S/c1-12-10-14(4-9-19(12)21)18-11-15(20(22,23)24)5-8-17(18)13-2-6-16(7-3-13)28(25,26)27/h2-11H,1H3,(H2,25,26,27). The fraction of sp³-hybridized carbons (Fsp3) is 0.100. The molecule has 0 atom stereocenters. The van der Waals surface area contributed by atoms with Gasteiger partial charge in [0.2, 0.25) is 10.0 Å². The monoisotopic (exact) mass is 409 g/mol. The summed E-state index contributed by atoms with van der Waals surface area (Å²) in [5, 5.41) is 5.08. The molecule has 0 aromatic heterocycles. The van der Waals surface area contributed by atoms with Crippen molar-refractivity contribution in [2.75, 3.05) is 0 Å². The van der Waals surface area contributed by atoms with Gasteiger partial charge in [-0.1, -0.05) is 24.3 Å². The van der Waals surface area contributed by atoms with Crippen LogP contribution in [0.15, 0.2) is 65.6 Å². The second-order valence-corrected chi connectivity index (χ2v) is 7.85. The van der Waals surface area contributed by atoms with Crippen LogP contribution in [0.2, 0.25) is 0 Å². The molecule has 3 nitrogen and oxygen atoms in total. The van der Waals surface area contributed by atoms with Crippen molar-refractivity contribution in [2.24, 2.45) is 5.14 Å². The average molecular weight is 409 g/mol. The van der Waals surface area contributed by atoms with E-state index in [1.165, 1.54) is 55.5 Å². The third-order valence-corrected chi connectivity index (χ3v) is 5.24. The first-order valence-electron chi connectivity index (χ1n) is 8.08. The first-order valence-corrected chi connectivity index (χ1v) is 9.62. The zero-order chi connectivity index (χ0) is 20.7. The second-order valence-electron chi connectivity index (χ2n) is 6.29. The van der Waals surface area contributed by atoms with Crippen molar-refractivity contribution in [2.45, 2.75) is 18.0 Å². The maximum atomic E-state index is 13.6. The lowest BCUT2D eigenvalue weighted by Gasteiger charge is -2.15. The Balaban J connectivity index is 2.21. The molecular formula is C20H15F4NO2S. The van der Waals surface area contributed by atoms with E-state index in [0.717, 1.165) is 12.1 Å². The Morgan fingerprint density at radius 2 is 1.43 bits per heavy atom. The van der Waals surface area contributed by atoms with Gasteiger partial charge in [0.25, 0.3) is 0 Å². The molecule has 0 spiro atoms. The Kier molecular flexibility index (Phi) is 5.03. The summed E-state index contributed by atoms with van der Waals surface area (Å²) >= 11 is 0. The highest BCUT2D eigenvalue weighted by atomic mass is 32.2. The normalized spacial score (nSPS) is 12.2. The van der Waals surface area contributed by atoms with Gasteiger partial charge >= 0.3 is 6.18 Å². The van der Waals surface area contributed by atoms with Gasteiger partial charge in [0.05, 0.1) is 10.5 Å². The predicted octanol–water partition coefficient (Wildman–Crippen LogP) is 5.13.